The van der Waals surface area contributed by atoms with Crippen molar-refractivity contribution in [1.82, 2.24) is 4.98 Å². The lowest BCUT2D eigenvalue weighted by Crippen LogP contribution is -2.30. The number of carbonyl (C=O) groups excluding carboxylic acids is 1. The van der Waals surface area contributed by atoms with E-state index in [4.69, 9.17) is 10.00 Å². The fraction of sp³-hybridized carbons (Fsp3) is 0.0870. The number of amides is 1. The summed E-state index contributed by atoms with van der Waals surface area (Å²) in [6.45, 7) is 1.65. The molecule has 0 radical (unpaired) electrons. The van der Waals surface area contributed by atoms with Crippen LogP contribution in [-0.4, -0.2) is 17.0 Å². The van der Waals surface area contributed by atoms with E-state index in [0.29, 0.717) is 17.0 Å². The molecule has 0 fully saturated rings. The zero-order chi connectivity index (χ0) is 20.2. The number of nitrogens with zero attached hydrogens (tertiary/aromatic N) is 2. The van der Waals surface area contributed by atoms with E-state index in [1.54, 1.807) is 42.5 Å². The van der Waals surface area contributed by atoms with Crippen LogP contribution in [0, 0.1) is 11.3 Å². The zero-order valence-corrected chi connectivity index (χ0v) is 16.4. The number of hydrogen-bond acceptors (Lipinski definition) is 5. The maximum Gasteiger partial charge on any atom is 0.265 e. The maximum atomic E-state index is 12.5. The molecule has 1 unspecified atom stereocenters. The lowest BCUT2D eigenvalue weighted by Gasteiger charge is -2.15. The number of aromatic nitrogens is 1. The predicted octanol–water partition coefficient (Wildman–Crippen LogP) is 5.24. The van der Waals surface area contributed by atoms with Crippen molar-refractivity contribution in [3.05, 3.63) is 78.4 Å². The normalized spacial score (nSPS) is 11.6. The van der Waals surface area contributed by atoms with E-state index in [1.807, 2.05) is 42.5 Å². The first-order chi connectivity index (χ1) is 14.1. The number of ether oxygens (including phenoxy) is 1. The highest BCUT2D eigenvalue weighted by Crippen LogP contribution is 2.30. The molecule has 1 heterocycles. The minimum Gasteiger partial charge on any atom is -0.480 e. The minimum atomic E-state index is -0.742. The van der Waals surface area contributed by atoms with Crippen LogP contribution in [0.5, 0.6) is 5.75 Å². The van der Waals surface area contributed by atoms with Gasteiger partial charge in [-0.3, -0.25) is 4.79 Å². The molecule has 1 amide bonds. The van der Waals surface area contributed by atoms with Gasteiger partial charge < -0.3 is 10.1 Å². The molecular formula is C23H17N3O2S. The largest absolute Gasteiger partial charge is 0.480 e. The Balaban J connectivity index is 1.44. The standard InChI is InChI=1S/C23H17N3O2S/c1-15(28-20-8-4-2-6-17(20)14-24)22(27)25-18-12-10-16(11-13-18)23-26-19-7-3-5-9-21(19)29-23/h2-13,15H,1H3,(H,25,27). The third-order valence-corrected chi connectivity index (χ3v) is 5.46. The number of carbonyl (C=O) groups is 1. The van der Waals surface area contributed by atoms with Gasteiger partial charge in [0, 0.05) is 11.3 Å². The van der Waals surface area contributed by atoms with Crippen molar-refractivity contribution in [2.24, 2.45) is 0 Å². The summed E-state index contributed by atoms with van der Waals surface area (Å²) in [5.74, 6) is 0.106. The van der Waals surface area contributed by atoms with Crippen molar-refractivity contribution in [3.63, 3.8) is 0 Å². The number of benzene rings is 3. The summed E-state index contributed by atoms with van der Waals surface area (Å²) in [6.07, 6.45) is -0.742. The van der Waals surface area contributed by atoms with E-state index in [1.165, 1.54) is 0 Å². The quantitative estimate of drug-likeness (QED) is 0.498. The Kier molecular flexibility index (Phi) is 5.23. The Morgan fingerprint density at radius 1 is 1.07 bits per heavy atom. The third-order valence-electron chi connectivity index (χ3n) is 4.37. The molecule has 0 saturated heterocycles. The van der Waals surface area contributed by atoms with Gasteiger partial charge in [0.15, 0.2) is 6.10 Å². The summed E-state index contributed by atoms with van der Waals surface area (Å²) in [4.78, 5) is 17.1. The number of fused-ring (bicyclic) bond motifs is 1. The average molecular weight is 399 g/mol. The van der Waals surface area contributed by atoms with E-state index in [0.717, 1.165) is 20.8 Å². The number of hydrogen-bond donors (Lipinski definition) is 1. The number of nitriles is 1. The molecule has 0 bridgehead atoms. The first kappa shape index (κ1) is 18.7. The van der Waals surface area contributed by atoms with E-state index in [9.17, 15) is 4.79 Å². The van der Waals surface area contributed by atoms with Crippen LogP contribution in [0.3, 0.4) is 0 Å². The molecule has 142 valence electrons. The topological polar surface area (TPSA) is 75.0 Å². The van der Waals surface area contributed by atoms with Gasteiger partial charge in [-0.2, -0.15) is 5.26 Å². The fourth-order valence-corrected chi connectivity index (χ4v) is 3.81. The van der Waals surface area contributed by atoms with Gasteiger partial charge in [0.2, 0.25) is 0 Å². The molecule has 1 N–H and O–H groups in total. The molecule has 5 nitrogen and oxygen atoms in total. The van der Waals surface area contributed by atoms with Crippen molar-refractivity contribution < 1.29 is 9.53 Å². The molecule has 0 aliphatic carbocycles. The Bertz CT molecular complexity index is 1180. The van der Waals surface area contributed by atoms with Crippen molar-refractivity contribution in [1.29, 1.82) is 5.26 Å². The Labute approximate surface area is 172 Å². The van der Waals surface area contributed by atoms with Crippen molar-refractivity contribution in [3.8, 4) is 22.4 Å². The first-order valence-corrected chi connectivity index (χ1v) is 9.88. The molecular weight excluding hydrogens is 382 g/mol. The average Bonchev–Trinajstić information content (AvgIpc) is 3.19. The Morgan fingerprint density at radius 2 is 1.79 bits per heavy atom. The van der Waals surface area contributed by atoms with E-state index >= 15 is 0 Å². The Hall–Kier alpha value is -3.69. The van der Waals surface area contributed by atoms with Gasteiger partial charge in [0.05, 0.1) is 15.8 Å². The maximum absolute atomic E-state index is 12.5. The smallest absolute Gasteiger partial charge is 0.265 e. The van der Waals surface area contributed by atoms with Crippen LogP contribution in [0.25, 0.3) is 20.8 Å². The van der Waals surface area contributed by atoms with Crippen LogP contribution >= 0.6 is 11.3 Å². The van der Waals surface area contributed by atoms with E-state index < -0.39 is 6.10 Å². The number of anilines is 1. The third kappa shape index (κ3) is 4.10. The van der Waals surface area contributed by atoms with Gasteiger partial charge in [-0.25, -0.2) is 4.98 Å². The molecule has 0 aliphatic rings. The van der Waals surface area contributed by atoms with E-state index in [-0.39, 0.29) is 5.91 Å². The number of rotatable bonds is 5. The number of thiazole rings is 1. The highest BCUT2D eigenvalue weighted by atomic mass is 32.1. The summed E-state index contributed by atoms with van der Waals surface area (Å²) in [7, 11) is 0. The van der Waals surface area contributed by atoms with Gasteiger partial charge in [-0.15, -0.1) is 11.3 Å². The molecule has 4 rings (SSSR count). The second kappa shape index (κ2) is 8.13. The highest BCUT2D eigenvalue weighted by molar-refractivity contribution is 7.21. The highest BCUT2D eigenvalue weighted by Gasteiger charge is 2.16. The van der Waals surface area contributed by atoms with Crippen LogP contribution in [-0.2, 0) is 4.79 Å². The second-order valence-electron chi connectivity index (χ2n) is 6.42. The van der Waals surface area contributed by atoms with Crippen LogP contribution in [0.4, 0.5) is 5.69 Å². The summed E-state index contributed by atoms with van der Waals surface area (Å²) >= 11 is 1.63. The summed E-state index contributed by atoms with van der Waals surface area (Å²) in [6, 6.07) is 24.5. The molecule has 3 aromatic carbocycles. The lowest BCUT2D eigenvalue weighted by atomic mass is 10.2. The van der Waals surface area contributed by atoms with Crippen LogP contribution in [0.1, 0.15) is 12.5 Å². The molecule has 0 aliphatic heterocycles. The van der Waals surface area contributed by atoms with Gasteiger partial charge >= 0.3 is 0 Å². The lowest BCUT2D eigenvalue weighted by molar-refractivity contribution is -0.122. The minimum absolute atomic E-state index is 0.287. The molecule has 29 heavy (non-hydrogen) atoms. The van der Waals surface area contributed by atoms with Crippen molar-refractivity contribution in [2.45, 2.75) is 13.0 Å². The molecule has 1 aromatic heterocycles. The zero-order valence-electron chi connectivity index (χ0n) is 15.6. The molecule has 0 saturated carbocycles. The summed E-state index contributed by atoms with van der Waals surface area (Å²) in [5.41, 5.74) is 3.04. The summed E-state index contributed by atoms with van der Waals surface area (Å²) < 4.78 is 6.80. The van der Waals surface area contributed by atoms with Gasteiger partial charge in [0.25, 0.3) is 5.91 Å². The van der Waals surface area contributed by atoms with Crippen molar-refractivity contribution in [2.75, 3.05) is 5.32 Å². The van der Waals surface area contributed by atoms with Gasteiger partial charge in [0.1, 0.15) is 16.8 Å². The van der Waals surface area contributed by atoms with Crippen LogP contribution in [0.2, 0.25) is 0 Å². The molecule has 0 spiro atoms. The predicted molar refractivity (Wildman–Crippen MR) is 115 cm³/mol. The second-order valence-corrected chi connectivity index (χ2v) is 7.45. The first-order valence-electron chi connectivity index (χ1n) is 9.07. The molecule has 4 aromatic rings. The van der Waals surface area contributed by atoms with Crippen LogP contribution in [0.15, 0.2) is 72.8 Å². The monoisotopic (exact) mass is 399 g/mol. The van der Waals surface area contributed by atoms with Crippen molar-refractivity contribution >= 4 is 33.1 Å². The molecule has 6 heteroatoms. The van der Waals surface area contributed by atoms with E-state index in [2.05, 4.69) is 22.4 Å². The SMILES string of the molecule is CC(Oc1ccccc1C#N)C(=O)Nc1ccc(-c2nc3ccccc3s2)cc1. The summed E-state index contributed by atoms with van der Waals surface area (Å²) in [5, 5.41) is 12.9. The van der Waals surface area contributed by atoms with Gasteiger partial charge in [-0.05, 0) is 55.5 Å². The molecule has 1 atom stereocenters. The van der Waals surface area contributed by atoms with Crippen LogP contribution < -0.4 is 10.1 Å². The number of para-hydroxylation sites is 2. The van der Waals surface area contributed by atoms with Gasteiger partial charge in [-0.1, -0.05) is 24.3 Å². The fourth-order valence-electron chi connectivity index (χ4n) is 2.84. The Morgan fingerprint density at radius 3 is 2.55 bits per heavy atom. The number of nitrogens with one attached hydrogen (secondary N) is 1.